The van der Waals surface area contributed by atoms with Crippen LogP contribution in [-0.4, -0.2) is 27.5 Å². The fourth-order valence-corrected chi connectivity index (χ4v) is 6.76. The lowest BCUT2D eigenvalue weighted by Crippen LogP contribution is -2.40. The van der Waals surface area contributed by atoms with Crippen LogP contribution in [0.3, 0.4) is 0 Å². The van der Waals surface area contributed by atoms with Crippen molar-refractivity contribution in [3.8, 4) is 16.8 Å². The maximum Gasteiger partial charge on any atom is 0.282 e. The Morgan fingerprint density at radius 2 is 1.84 bits per heavy atom. The molecule has 2 unspecified atom stereocenters. The molecule has 5 rings (SSSR count). The number of rotatable bonds is 4. The molecule has 0 aliphatic heterocycles. The van der Waals surface area contributed by atoms with Gasteiger partial charge in [-0.2, -0.15) is 9.78 Å². The Labute approximate surface area is 223 Å². The van der Waals surface area contributed by atoms with Gasteiger partial charge >= 0.3 is 0 Å². The van der Waals surface area contributed by atoms with Crippen molar-refractivity contribution in [1.82, 2.24) is 14.3 Å². The lowest BCUT2D eigenvalue weighted by atomic mass is 9.87. The van der Waals surface area contributed by atoms with Gasteiger partial charge in [-0.05, 0) is 90.6 Å². The standard InChI is InChI=1S/C30H36FN3O3Si/c1-18-12-20-17-32-34(29(36)28(20)24(31)13-18)25-9-7-8-21-22-10-11-27(35)33(4)26(22)15-19(14-23(21)25)16-30(2,3)38(5,6)37/h7-11,13,17-19,37H,12,14-16H2,1-6H3. The molecule has 6 nitrogen and oxygen atoms in total. The van der Waals surface area contributed by atoms with Crippen molar-refractivity contribution in [3.05, 3.63) is 85.7 Å². The number of nitrogens with zero attached hydrogens (tertiary/aromatic N) is 3. The average molecular weight is 534 g/mol. The molecule has 0 bridgehead atoms. The third kappa shape index (κ3) is 4.43. The van der Waals surface area contributed by atoms with Crippen LogP contribution in [0.1, 0.15) is 49.6 Å². The van der Waals surface area contributed by atoms with Crippen LogP contribution in [0.25, 0.3) is 22.6 Å². The molecule has 38 heavy (non-hydrogen) atoms. The number of pyridine rings is 1. The molecular weight excluding hydrogens is 497 g/mol. The van der Waals surface area contributed by atoms with Crippen molar-refractivity contribution < 1.29 is 9.19 Å². The Hall–Kier alpha value is -3.10. The maximum absolute atomic E-state index is 15.0. The quantitative estimate of drug-likeness (QED) is 0.469. The minimum absolute atomic E-state index is 0.0131. The molecule has 0 saturated carbocycles. The van der Waals surface area contributed by atoms with Crippen molar-refractivity contribution in [3.63, 3.8) is 0 Å². The van der Waals surface area contributed by atoms with E-state index in [9.17, 15) is 18.8 Å². The summed E-state index contributed by atoms with van der Waals surface area (Å²) in [6.45, 7) is 10.1. The number of halogens is 1. The topological polar surface area (TPSA) is 77.1 Å². The van der Waals surface area contributed by atoms with Crippen LogP contribution < -0.4 is 11.1 Å². The Morgan fingerprint density at radius 3 is 2.55 bits per heavy atom. The van der Waals surface area contributed by atoms with Gasteiger partial charge < -0.3 is 9.36 Å². The highest BCUT2D eigenvalue weighted by Gasteiger charge is 2.40. The number of fused-ring (bicyclic) bond motifs is 4. The molecule has 2 aliphatic carbocycles. The number of benzene rings is 1. The van der Waals surface area contributed by atoms with Gasteiger partial charge in [-0.1, -0.05) is 32.9 Å². The summed E-state index contributed by atoms with van der Waals surface area (Å²) >= 11 is 0. The van der Waals surface area contributed by atoms with Crippen molar-refractivity contribution in [2.75, 3.05) is 0 Å². The van der Waals surface area contributed by atoms with Crippen LogP contribution in [0.4, 0.5) is 4.39 Å². The van der Waals surface area contributed by atoms with E-state index in [2.05, 4.69) is 18.9 Å². The normalized spacial score (nSPS) is 19.2. The van der Waals surface area contributed by atoms with Crippen molar-refractivity contribution in [2.24, 2.45) is 18.9 Å². The summed E-state index contributed by atoms with van der Waals surface area (Å²) in [5.41, 5.74) is 4.64. The molecule has 0 amide bonds. The highest BCUT2D eigenvalue weighted by atomic mass is 28.4. The van der Waals surface area contributed by atoms with Crippen molar-refractivity contribution >= 4 is 14.1 Å². The predicted molar refractivity (Wildman–Crippen MR) is 152 cm³/mol. The zero-order valence-corrected chi connectivity index (χ0v) is 24.0. The second kappa shape index (κ2) is 9.27. The molecule has 1 N–H and O–H groups in total. The zero-order valence-electron chi connectivity index (χ0n) is 23.0. The monoisotopic (exact) mass is 533 g/mol. The van der Waals surface area contributed by atoms with Gasteiger partial charge in [0.15, 0.2) is 8.32 Å². The van der Waals surface area contributed by atoms with Crippen molar-refractivity contribution in [2.45, 2.75) is 64.6 Å². The summed E-state index contributed by atoms with van der Waals surface area (Å²) in [5, 5.41) is 4.25. The number of hydrogen-bond donors (Lipinski definition) is 1. The lowest BCUT2D eigenvalue weighted by Gasteiger charge is -2.38. The first kappa shape index (κ1) is 26.5. The van der Waals surface area contributed by atoms with Gasteiger partial charge in [0.2, 0.25) is 5.56 Å². The van der Waals surface area contributed by atoms with E-state index < -0.39 is 19.7 Å². The molecule has 1 aromatic carbocycles. The van der Waals surface area contributed by atoms with E-state index in [1.54, 1.807) is 23.9 Å². The first-order valence-electron chi connectivity index (χ1n) is 13.3. The molecule has 2 atom stereocenters. The van der Waals surface area contributed by atoms with E-state index in [-0.39, 0.29) is 28.0 Å². The SMILES string of the molecule is CC1C=C(F)c2c(cnn(-c3cccc4c3CC(CC(C)(C)[Si](C)(C)O)Cc3c-4ccc(=O)n3C)c2=O)C1. The van der Waals surface area contributed by atoms with Crippen LogP contribution in [0, 0.1) is 11.8 Å². The minimum atomic E-state index is -2.49. The summed E-state index contributed by atoms with van der Waals surface area (Å²) in [4.78, 5) is 37.3. The summed E-state index contributed by atoms with van der Waals surface area (Å²) in [5.74, 6) is -0.361. The van der Waals surface area contributed by atoms with Gasteiger partial charge in [0.1, 0.15) is 5.83 Å². The largest absolute Gasteiger partial charge is 0.432 e. The Morgan fingerprint density at radius 1 is 1.11 bits per heavy atom. The average Bonchev–Trinajstić information content (AvgIpc) is 2.97. The predicted octanol–water partition coefficient (Wildman–Crippen LogP) is 5.18. The molecule has 0 fully saturated rings. The molecule has 3 aromatic rings. The lowest BCUT2D eigenvalue weighted by molar-refractivity contribution is 0.367. The van der Waals surface area contributed by atoms with Gasteiger partial charge in [-0.15, -0.1) is 0 Å². The van der Waals surface area contributed by atoms with E-state index >= 15 is 0 Å². The highest BCUT2D eigenvalue weighted by molar-refractivity contribution is 6.72. The molecule has 8 heteroatoms. The maximum atomic E-state index is 15.0. The Balaban J connectivity index is 1.73. The van der Waals surface area contributed by atoms with E-state index in [1.165, 1.54) is 10.8 Å². The Kier molecular flexibility index (Phi) is 6.47. The number of aromatic nitrogens is 3. The highest BCUT2D eigenvalue weighted by Crippen LogP contribution is 2.46. The summed E-state index contributed by atoms with van der Waals surface area (Å²) < 4.78 is 18.0. The third-order valence-electron chi connectivity index (χ3n) is 8.81. The van der Waals surface area contributed by atoms with E-state index in [0.717, 1.165) is 28.8 Å². The summed E-state index contributed by atoms with van der Waals surface area (Å²) in [6, 6.07) is 9.22. The van der Waals surface area contributed by atoms with Gasteiger partial charge in [0.25, 0.3) is 5.56 Å². The first-order chi connectivity index (χ1) is 17.8. The van der Waals surface area contributed by atoms with Crippen LogP contribution in [0.2, 0.25) is 18.1 Å². The molecule has 0 radical (unpaired) electrons. The zero-order chi connectivity index (χ0) is 27.6. The first-order valence-corrected chi connectivity index (χ1v) is 16.3. The summed E-state index contributed by atoms with van der Waals surface area (Å²) in [7, 11) is -0.693. The number of allylic oxidation sites excluding steroid dienone is 1. The molecule has 2 aromatic heterocycles. The third-order valence-corrected chi connectivity index (χ3v) is 12.3. The molecule has 0 saturated heterocycles. The smallest absolute Gasteiger partial charge is 0.282 e. The van der Waals surface area contributed by atoms with Crippen LogP contribution >= 0.6 is 0 Å². The van der Waals surface area contributed by atoms with Gasteiger partial charge in [0, 0.05) is 24.4 Å². The van der Waals surface area contributed by atoms with Gasteiger partial charge in [0.05, 0.1) is 17.4 Å². The van der Waals surface area contributed by atoms with Gasteiger partial charge in [-0.3, -0.25) is 9.59 Å². The van der Waals surface area contributed by atoms with E-state index in [0.29, 0.717) is 30.5 Å². The van der Waals surface area contributed by atoms with Gasteiger partial charge in [-0.25, -0.2) is 4.39 Å². The van der Waals surface area contributed by atoms with E-state index in [1.807, 2.05) is 44.3 Å². The van der Waals surface area contributed by atoms with Crippen molar-refractivity contribution in [1.29, 1.82) is 0 Å². The molecule has 0 spiro atoms. The van der Waals surface area contributed by atoms with Crippen LogP contribution in [0.5, 0.6) is 0 Å². The van der Waals surface area contributed by atoms with E-state index in [4.69, 9.17) is 0 Å². The molecule has 2 aliphatic rings. The fourth-order valence-electron chi connectivity index (χ4n) is 5.97. The molecule has 2 heterocycles. The minimum Gasteiger partial charge on any atom is -0.432 e. The molecule has 200 valence electrons. The number of hydrogen-bond acceptors (Lipinski definition) is 4. The second-order valence-corrected chi connectivity index (χ2v) is 16.7. The van der Waals surface area contributed by atoms with Crippen LogP contribution in [0.15, 0.2) is 52.2 Å². The Bertz CT molecular complexity index is 1580. The summed E-state index contributed by atoms with van der Waals surface area (Å²) in [6.07, 6.45) is 5.79. The fraction of sp³-hybridized carbons (Fsp3) is 0.433. The molecular formula is C30H36FN3O3Si. The van der Waals surface area contributed by atoms with Crippen LogP contribution in [-0.2, 0) is 26.3 Å². The second-order valence-electron chi connectivity index (χ2n) is 12.3.